The molecule has 1 atom stereocenters. The van der Waals surface area contributed by atoms with E-state index in [1.165, 1.54) is 16.7 Å². The lowest BCUT2D eigenvalue weighted by Gasteiger charge is -2.35. The molecule has 0 amide bonds. The van der Waals surface area contributed by atoms with E-state index in [1.54, 1.807) is 0 Å². The summed E-state index contributed by atoms with van der Waals surface area (Å²) in [6.45, 7) is 18.2. The topological polar surface area (TPSA) is 12.0 Å². The average molecular weight is 275 g/mol. The number of nitrogens with one attached hydrogen (secondary N) is 1. The van der Waals surface area contributed by atoms with Crippen LogP contribution in [0.5, 0.6) is 0 Å². The second-order valence-corrected chi connectivity index (χ2v) is 7.43. The van der Waals surface area contributed by atoms with Gasteiger partial charge < -0.3 is 5.32 Å². The first-order chi connectivity index (χ1) is 9.24. The van der Waals surface area contributed by atoms with Crippen molar-refractivity contribution in [3.05, 3.63) is 34.9 Å². The third-order valence-electron chi connectivity index (χ3n) is 4.65. The van der Waals surface area contributed by atoms with Crippen molar-refractivity contribution in [3.63, 3.8) is 0 Å². The van der Waals surface area contributed by atoms with Crippen molar-refractivity contribution in [2.45, 2.75) is 54.9 Å². The van der Waals surface area contributed by atoms with Crippen LogP contribution in [-0.2, 0) is 6.42 Å². The second-order valence-electron chi connectivity index (χ2n) is 7.43. The number of hydrogen-bond donors (Lipinski definition) is 1. The third kappa shape index (κ3) is 4.94. The summed E-state index contributed by atoms with van der Waals surface area (Å²) >= 11 is 0. The Hall–Kier alpha value is -0.820. The third-order valence-corrected chi connectivity index (χ3v) is 4.65. The van der Waals surface area contributed by atoms with Crippen LogP contribution in [0.25, 0.3) is 0 Å². The van der Waals surface area contributed by atoms with Crippen LogP contribution >= 0.6 is 0 Å². The van der Waals surface area contributed by atoms with Crippen LogP contribution in [0.15, 0.2) is 18.2 Å². The van der Waals surface area contributed by atoms with E-state index in [1.807, 2.05) is 0 Å². The highest BCUT2D eigenvalue weighted by Gasteiger charge is 2.28. The number of rotatable bonds is 7. The molecule has 1 rings (SSSR count). The van der Waals surface area contributed by atoms with E-state index in [-0.39, 0.29) is 0 Å². The van der Waals surface area contributed by atoms with E-state index in [0.29, 0.717) is 17.3 Å². The summed E-state index contributed by atoms with van der Waals surface area (Å²) in [4.78, 5) is 0. The van der Waals surface area contributed by atoms with E-state index >= 15 is 0 Å². The van der Waals surface area contributed by atoms with Crippen molar-refractivity contribution in [1.82, 2.24) is 5.32 Å². The normalized spacial score (nSPS) is 14.8. The van der Waals surface area contributed by atoms with Gasteiger partial charge in [-0.1, -0.05) is 52.8 Å². The molecule has 0 heterocycles. The van der Waals surface area contributed by atoms with Gasteiger partial charge in [0.1, 0.15) is 0 Å². The molecule has 114 valence electrons. The summed E-state index contributed by atoms with van der Waals surface area (Å²) in [7, 11) is 0. The van der Waals surface area contributed by atoms with Gasteiger partial charge in [0.2, 0.25) is 0 Å². The summed E-state index contributed by atoms with van der Waals surface area (Å²) < 4.78 is 0. The predicted octanol–water partition coefficient (Wildman–Crippen LogP) is 4.75. The van der Waals surface area contributed by atoms with Gasteiger partial charge in [0.25, 0.3) is 0 Å². The SMILES string of the molecule is Cc1ccc(CC(C)(CNCC(C)C)C(C)C)cc1C. The van der Waals surface area contributed by atoms with E-state index in [0.717, 1.165) is 19.5 Å². The van der Waals surface area contributed by atoms with Crippen LogP contribution in [0.2, 0.25) is 0 Å². The fraction of sp³-hybridized carbons (Fsp3) is 0.684. The monoisotopic (exact) mass is 275 g/mol. The molecule has 0 saturated carbocycles. The molecule has 1 aromatic rings. The summed E-state index contributed by atoms with van der Waals surface area (Å²) in [5, 5.41) is 3.65. The predicted molar refractivity (Wildman–Crippen MR) is 90.3 cm³/mol. The van der Waals surface area contributed by atoms with Crippen molar-refractivity contribution < 1.29 is 0 Å². The lowest BCUT2D eigenvalue weighted by molar-refractivity contribution is 0.205. The zero-order chi connectivity index (χ0) is 15.3. The van der Waals surface area contributed by atoms with E-state index < -0.39 is 0 Å². The van der Waals surface area contributed by atoms with Crippen molar-refractivity contribution in [2.24, 2.45) is 17.3 Å². The Morgan fingerprint density at radius 2 is 1.70 bits per heavy atom. The maximum absolute atomic E-state index is 3.65. The molecule has 0 radical (unpaired) electrons. The molecule has 0 aliphatic carbocycles. The fourth-order valence-corrected chi connectivity index (χ4v) is 2.50. The van der Waals surface area contributed by atoms with Crippen LogP contribution < -0.4 is 5.32 Å². The number of hydrogen-bond acceptors (Lipinski definition) is 1. The molecule has 1 unspecified atom stereocenters. The minimum atomic E-state index is 0.316. The van der Waals surface area contributed by atoms with E-state index in [4.69, 9.17) is 0 Å². The molecule has 0 aliphatic rings. The standard InChI is InChI=1S/C19H33N/c1-14(2)12-20-13-19(7,15(3)4)11-18-9-8-16(5)17(6)10-18/h8-10,14-15,20H,11-13H2,1-7H3. The van der Waals surface area contributed by atoms with Gasteiger partial charge >= 0.3 is 0 Å². The first kappa shape index (κ1) is 17.2. The Balaban J connectivity index is 2.77. The smallest absolute Gasteiger partial charge is 0.00109 e. The Morgan fingerprint density at radius 3 is 2.20 bits per heavy atom. The molecule has 0 fully saturated rings. The molecule has 0 saturated heterocycles. The lowest BCUT2D eigenvalue weighted by Crippen LogP contribution is -2.39. The summed E-state index contributed by atoms with van der Waals surface area (Å²) in [5.41, 5.74) is 4.58. The van der Waals surface area contributed by atoms with Crippen LogP contribution in [0.1, 0.15) is 51.3 Å². The highest BCUT2D eigenvalue weighted by molar-refractivity contribution is 5.30. The minimum absolute atomic E-state index is 0.316. The van der Waals surface area contributed by atoms with Gasteiger partial charge in [0, 0.05) is 6.54 Å². The molecular formula is C19H33N. The highest BCUT2D eigenvalue weighted by atomic mass is 14.9. The van der Waals surface area contributed by atoms with Crippen molar-refractivity contribution in [3.8, 4) is 0 Å². The maximum Gasteiger partial charge on any atom is 0.00109 e. The highest BCUT2D eigenvalue weighted by Crippen LogP contribution is 2.31. The molecular weight excluding hydrogens is 242 g/mol. The number of aryl methyl sites for hydroxylation is 2. The van der Waals surface area contributed by atoms with Gasteiger partial charge in [-0.2, -0.15) is 0 Å². The molecule has 0 aliphatic heterocycles. The lowest BCUT2D eigenvalue weighted by atomic mass is 9.74. The Kier molecular flexibility index (Phi) is 6.26. The number of benzene rings is 1. The van der Waals surface area contributed by atoms with E-state index in [2.05, 4.69) is 72.0 Å². The van der Waals surface area contributed by atoms with Gasteiger partial charge in [0.15, 0.2) is 0 Å². The van der Waals surface area contributed by atoms with Gasteiger partial charge in [-0.15, -0.1) is 0 Å². The fourth-order valence-electron chi connectivity index (χ4n) is 2.50. The van der Waals surface area contributed by atoms with Crippen LogP contribution in [0, 0.1) is 31.1 Å². The summed E-state index contributed by atoms with van der Waals surface area (Å²) in [5.74, 6) is 1.39. The molecule has 1 nitrogen and oxygen atoms in total. The molecule has 0 bridgehead atoms. The average Bonchev–Trinajstić information content (AvgIpc) is 2.33. The van der Waals surface area contributed by atoms with Gasteiger partial charge in [0.05, 0.1) is 0 Å². The molecule has 0 spiro atoms. The molecule has 1 N–H and O–H groups in total. The van der Waals surface area contributed by atoms with Crippen LogP contribution in [-0.4, -0.2) is 13.1 Å². The van der Waals surface area contributed by atoms with Crippen molar-refractivity contribution in [2.75, 3.05) is 13.1 Å². The van der Waals surface area contributed by atoms with Crippen molar-refractivity contribution >= 4 is 0 Å². The summed E-state index contributed by atoms with van der Waals surface area (Å²) in [6.07, 6.45) is 1.15. The Morgan fingerprint density at radius 1 is 1.05 bits per heavy atom. The van der Waals surface area contributed by atoms with Crippen LogP contribution in [0.3, 0.4) is 0 Å². The van der Waals surface area contributed by atoms with Crippen molar-refractivity contribution in [1.29, 1.82) is 0 Å². The Labute approximate surface area is 126 Å². The van der Waals surface area contributed by atoms with Gasteiger partial charge in [-0.05, 0) is 60.8 Å². The molecule has 1 aromatic carbocycles. The maximum atomic E-state index is 3.65. The summed E-state index contributed by atoms with van der Waals surface area (Å²) in [6, 6.07) is 6.91. The molecule has 20 heavy (non-hydrogen) atoms. The largest absolute Gasteiger partial charge is 0.316 e. The zero-order valence-corrected chi connectivity index (χ0v) is 14.5. The van der Waals surface area contributed by atoms with E-state index in [9.17, 15) is 0 Å². The minimum Gasteiger partial charge on any atom is -0.316 e. The zero-order valence-electron chi connectivity index (χ0n) is 14.5. The molecule has 0 aromatic heterocycles. The molecule has 1 heteroatoms. The Bertz CT molecular complexity index is 420. The first-order valence-electron chi connectivity index (χ1n) is 8.01. The van der Waals surface area contributed by atoms with Crippen LogP contribution in [0.4, 0.5) is 0 Å². The second kappa shape index (κ2) is 7.26. The van der Waals surface area contributed by atoms with Gasteiger partial charge in [-0.3, -0.25) is 0 Å². The first-order valence-corrected chi connectivity index (χ1v) is 8.01. The van der Waals surface area contributed by atoms with Gasteiger partial charge in [-0.25, -0.2) is 0 Å². The quantitative estimate of drug-likeness (QED) is 0.757.